The predicted octanol–water partition coefficient (Wildman–Crippen LogP) is 6.89. The van der Waals surface area contributed by atoms with E-state index in [4.69, 9.17) is 28.9 Å². The van der Waals surface area contributed by atoms with Gasteiger partial charge in [-0.1, -0.05) is 23.2 Å². The van der Waals surface area contributed by atoms with Gasteiger partial charge in [-0.2, -0.15) is 13.2 Å². The molecule has 3 heterocycles. The summed E-state index contributed by atoms with van der Waals surface area (Å²) in [7, 11) is 0. The number of fused-ring (bicyclic) bond motifs is 1. The minimum Gasteiger partial charge on any atom is -0.397 e. The number of nitrogens with zero attached hydrogens (tertiary/aromatic N) is 2. The summed E-state index contributed by atoms with van der Waals surface area (Å²) >= 11 is 14.1. The number of thiazole rings is 1. The van der Waals surface area contributed by atoms with Crippen LogP contribution in [0.4, 0.5) is 24.0 Å². The van der Waals surface area contributed by atoms with Gasteiger partial charge >= 0.3 is 6.18 Å². The average molecular weight is 503 g/mol. The zero-order valence-electron chi connectivity index (χ0n) is 15.5. The van der Waals surface area contributed by atoms with Crippen LogP contribution in [0.1, 0.15) is 20.9 Å². The van der Waals surface area contributed by atoms with Crippen LogP contribution in [0.25, 0.3) is 21.5 Å². The number of hydrogen-bond acceptors (Lipinski definition) is 6. The Morgan fingerprint density at radius 3 is 2.61 bits per heavy atom. The smallest absolute Gasteiger partial charge is 0.397 e. The molecule has 0 bridgehead atoms. The SMILES string of the molecule is Cc1cc(C(F)(F)F)nc2sc(C(=O)Nc3nc(-c4ccc(Cl)cc4Cl)cs3)c(N)c12. The number of hydrogen-bond donors (Lipinski definition) is 2. The van der Waals surface area contributed by atoms with E-state index in [1.807, 2.05) is 0 Å². The molecule has 0 atom stereocenters. The van der Waals surface area contributed by atoms with Crippen molar-refractivity contribution in [1.29, 1.82) is 0 Å². The molecule has 0 fully saturated rings. The Hall–Kier alpha value is -2.40. The first-order valence-electron chi connectivity index (χ1n) is 8.53. The van der Waals surface area contributed by atoms with Crippen molar-refractivity contribution in [2.45, 2.75) is 13.1 Å². The molecule has 0 aliphatic rings. The third-order valence-corrected chi connectivity index (χ3v) is 6.73. The minimum absolute atomic E-state index is 0.0442. The number of thiophene rings is 1. The van der Waals surface area contributed by atoms with Crippen LogP contribution in [0, 0.1) is 6.92 Å². The molecule has 0 saturated heterocycles. The number of rotatable bonds is 3. The van der Waals surface area contributed by atoms with E-state index in [1.54, 1.807) is 23.6 Å². The van der Waals surface area contributed by atoms with Gasteiger partial charge in [-0.05, 0) is 36.8 Å². The highest BCUT2D eigenvalue weighted by Crippen LogP contribution is 2.39. The number of aromatic nitrogens is 2. The number of benzene rings is 1. The van der Waals surface area contributed by atoms with Crippen LogP contribution >= 0.6 is 45.9 Å². The molecule has 160 valence electrons. The maximum Gasteiger partial charge on any atom is 0.433 e. The van der Waals surface area contributed by atoms with E-state index in [2.05, 4.69) is 15.3 Å². The number of nitrogens with one attached hydrogen (secondary N) is 1. The van der Waals surface area contributed by atoms with Crippen molar-refractivity contribution in [3.05, 3.63) is 55.8 Å². The van der Waals surface area contributed by atoms with Crippen molar-refractivity contribution in [3.8, 4) is 11.3 Å². The Bertz CT molecular complexity index is 1330. The summed E-state index contributed by atoms with van der Waals surface area (Å²) in [6, 6.07) is 5.87. The number of carbonyl (C=O) groups excluding carboxylic acids is 1. The largest absolute Gasteiger partial charge is 0.433 e. The Morgan fingerprint density at radius 2 is 1.94 bits per heavy atom. The molecular formula is C19H11Cl2F3N4OS2. The van der Waals surface area contributed by atoms with Gasteiger partial charge < -0.3 is 5.73 Å². The van der Waals surface area contributed by atoms with Crippen LogP contribution in [0.15, 0.2) is 29.6 Å². The van der Waals surface area contributed by atoms with Crippen LogP contribution in [0.3, 0.4) is 0 Å². The average Bonchev–Trinajstić information content (AvgIpc) is 3.25. The molecule has 0 spiro atoms. The van der Waals surface area contributed by atoms with Gasteiger partial charge in [0.05, 0.1) is 16.4 Å². The number of nitrogens with two attached hydrogens (primary N) is 1. The van der Waals surface area contributed by atoms with Crippen LogP contribution in [-0.2, 0) is 6.18 Å². The molecule has 12 heteroatoms. The Labute approximate surface area is 191 Å². The van der Waals surface area contributed by atoms with E-state index < -0.39 is 17.8 Å². The first-order chi connectivity index (χ1) is 14.5. The summed E-state index contributed by atoms with van der Waals surface area (Å²) in [6.07, 6.45) is -4.60. The number of alkyl halides is 3. The zero-order chi connectivity index (χ0) is 22.5. The summed E-state index contributed by atoms with van der Waals surface area (Å²) in [6.45, 7) is 1.49. The van der Waals surface area contributed by atoms with E-state index in [0.29, 0.717) is 32.3 Å². The van der Waals surface area contributed by atoms with E-state index in [-0.39, 0.29) is 20.5 Å². The number of pyridine rings is 1. The fourth-order valence-electron chi connectivity index (χ4n) is 2.93. The summed E-state index contributed by atoms with van der Waals surface area (Å²) in [5.74, 6) is -0.587. The number of carbonyl (C=O) groups is 1. The highest BCUT2D eigenvalue weighted by Gasteiger charge is 2.34. The number of anilines is 2. The van der Waals surface area contributed by atoms with Gasteiger partial charge in [0.15, 0.2) is 5.13 Å². The number of aryl methyl sites for hydroxylation is 1. The summed E-state index contributed by atoms with van der Waals surface area (Å²) < 4.78 is 39.1. The van der Waals surface area contributed by atoms with Crippen molar-refractivity contribution < 1.29 is 18.0 Å². The molecular weight excluding hydrogens is 492 g/mol. The molecule has 1 amide bonds. The van der Waals surface area contributed by atoms with Gasteiger partial charge in [0, 0.05) is 21.4 Å². The lowest BCUT2D eigenvalue weighted by Crippen LogP contribution is -2.11. The molecule has 3 N–H and O–H groups in total. The van der Waals surface area contributed by atoms with Gasteiger partial charge in [-0.25, -0.2) is 9.97 Å². The van der Waals surface area contributed by atoms with E-state index >= 15 is 0 Å². The molecule has 0 saturated carbocycles. The molecule has 31 heavy (non-hydrogen) atoms. The predicted molar refractivity (Wildman–Crippen MR) is 119 cm³/mol. The molecule has 0 unspecified atom stereocenters. The summed E-state index contributed by atoms with van der Waals surface area (Å²) in [5.41, 5.74) is 6.58. The van der Waals surface area contributed by atoms with Gasteiger partial charge in [0.1, 0.15) is 15.4 Å². The third kappa shape index (κ3) is 4.20. The van der Waals surface area contributed by atoms with E-state index in [0.717, 1.165) is 17.4 Å². The Balaban J connectivity index is 1.64. The number of halogens is 5. The second kappa shape index (κ2) is 7.94. The van der Waals surface area contributed by atoms with Gasteiger partial charge in [-0.15, -0.1) is 22.7 Å². The lowest BCUT2D eigenvalue weighted by atomic mass is 10.1. The van der Waals surface area contributed by atoms with Gasteiger partial charge in [0.2, 0.25) is 0 Å². The first-order valence-corrected chi connectivity index (χ1v) is 11.0. The Kier molecular flexibility index (Phi) is 5.59. The molecule has 4 rings (SSSR count). The number of amides is 1. The number of nitrogen functional groups attached to an aromatic ring is 1. The van der Waals surface area contributed by atoms with Crippen molar-refractivity contribution >= 4 is 72.8 Å². The van der Waals surface area contributed by atoms with Crippen LogP contribution in [-0.4, -0.2) is 15.9 Å². The molecule has 3 aromatic heterocycles. The van der Waals surface area contributed by atoms with Crippen molar-refractivity contribution in [3.63, 3.8) is 0 Å². The normalized spacial score (nSPS) is 11.8. The Morgan fingerprint density at radius 1 is 1.19 bits per heavy atom. The third-order valence-electron chi connectivity index (χ3n) is 4.32. The van der Waals surface area contributed by atoms with Crippen LogP contribution in [0.5, 0.6) is 0 Å². The lowest BCUT2D eigenvalue weighted by molar-refractivity contribution is -0.141. The van der Waals surface area contributed by atoms with Crippen molar-refractivity contribution in [2.75, 3.05) is 11.1 Å². The lowest BCUT2D eigenvalue weighted by Gasteiger charge is -2.07. The van der Waals surface area contributed by atoms with Crippen LogP contribution < -0.4 is 11.1 Å². The summed E-state index contributed by atoms with van der Waals surface area (Å²) in [4.78, 5) is 20.8. The highest BCUT2D eigenvalue weighted by molar-refractivity contribution is 7.21. The highest BCUT2D eigenvalue weighted by atomic mass is 35.5. The van der Waals surface area contributed by atoms with Crippen molar-refractivity contribution in [2.24, 2.45) is 0 Å². The second-order valence-corrected chi connectivity index (χ2v) is 9.16. The summed E-state index contributed by atoms with van der Waals surface area (Å²) in [5, 5.41) is 5.83. The molecule has 1 aromatic carbocycles. The van der Waals surface area contributed by atoms with E-state index in [9.17, 15) is 18.0 Å². The molecule has 0 aliphatic heterocycles. The zero-order valence-corrected chi connectivity index (χ0v) is 18.6. The molecule has 5 nitrogen and oxygen atoms in total. The topological polar surface area (TPSA) is 80.9 Å². The van der Waals surface area contributed by atoms with Gasteiger partial charge in [-0.3, -0.25) is 10.1 Å². The standard InChI is InChI=1S/C19H11Cl2F3N4OS2/c1-7-4-12(19(22,23)24)27-17-13(7)14(25)15(31-17)16(29)28-18-26-11(6-30-18)9-3-2-8(20)5-10(9)21/h2-6H,25H2,1H3,(H,26,28,29). The fraction of sp³-hybridized carbons (Fsp3) is 0.105. The van der Waals surface area contributed by atoms with Crippen LogP contribution in [0.2, 0.25) is 10.0 Å². The van der Waals surface area contributed by atoms with Crippen molar-refractivity contribution in [1.82, 2.24) is 9.97 Å². The maximum absolute atomic E-state index is 13.0. The monoisotopic (exact) mass is 502 g/mol. The first kappa shape index (κ1) is 21.8. The second-order valence-electron chi connectivity index (χ2n) is 6.46. The quantitative estimate of drug-likeness (QED) is 0.319. The molecule has 0 aliphatic carbocycles. The maximum atomic E-state index is 13.0. The minimum atomic E-state index is -4.60. The molecule has 4 aromatic rings. The van der Waals surface area contributed by atoms with Gasteiger partial charge in [0.25, 0.3) is 5.91 Å². The molecule has 0 radical (unpaired) electrons. The van der Waals surface area contributed by atoms with E-state index in [1.165, 1.54) is 18.3 Å². The fourth-order valence-corrected chi connectivity index (χ4v) is 5.21.